The van der Waals surface area contributed by atoms with E-state index in [0.29, 0.717) is 11.0 Å². The molecule has 0 atom stereocenters. The Morgan fingerprint density at radius 3 is 2.67 bits per heavy atom. The first-order valence-corrected chi connectivity index (χ1v) is 9.31. The zero-order valence-electron chi connectivity index (χ0n) is 11.7. The van der Waals surface area contributed by atoms with Gasteiger partial charge in [-0.1, -0.05) is 6.07 Å². The number of aryl methyl sites for hydroxylation is 1. The van der Waals surface area contributed by atoms with Crippen LogP contribution in [0.2, 0.25) is 0 Å². The van der Waals surface area contributed by atoms with Gasteiger partial charge in [-0.15, -0.1) is 11.3 Å². The SMILES string of the molecule is Cc1nc(CN(C)S(=O)(=O)c2ccc(CN)cc2Br)cs1. The minimum atomic E-state index is -3.57. The molecule has 1 heterocycles. The van der Waals surface area contributed by atoms with Gasteiger partial charge in [0.1, 0.15) is 0 Å². The summed E-state index contributed by atoms with van der Waals surface area (Å²) in [7, 11) is -2.02. The third-order valence-electron chi connectivity index (χ3n) is 2.97. The van der Waals surface area contributed by atoms with E-state index in [1.54, 1.807) is 25.2 Å². The van der Waals surface area contributed by atoms with Crippen LogP contribution in [0.1, 0.15) is 16.3 Å². The van der Waals surface area contributed by atoms with Crippen LogP contribution < -0.4 is 5.73 Å². The van der Waals surface area contributed by atoms with Crippen molar-refractivity contribution in [2.75, 3.05) is 7.05 Å². The molecule has 1 aromatic heterocycles. The van der Waals surface area contributed by atoms with Gasteiger partial charge < -0.3 is 5.73 Å². The van der Waals surface area contributed by atoms with Crippen molar-refractivity contribution in [3.8, 4) is 0 Å². The molecule has 1 aromatic carbocycles. The number of aromatic nitrogens is 1. The van der Waals surface area contributed by atoms with Crippen molar-refractivity contribution < 1.29 is 8.42 Å². The van der Waals surface area contributed by atoms with Gasteiger partial charge in [-0.05, 0) is 40.5 Å². The zero-order chi connectivity index (χ0) is 15.6. The monoisotopic (exact) mass is 389 g/mol. The van der Waals surface area contributed by atoms with Crippen molar-refractivity contribution in [3.63, 3.8) is 0 Å². The summed E-state index contributed by atoms with van der Waals surface area (Å²) in [6, 6.07) is 5.02. The molecule has 0 saturated heterocycles. The molecule has 0 fully saturated rings. The Kier molecular flexibility index (Phi) is 5.15. The standard InChI is InChI=1S/C13H16BrN3O2S2/c1-9-16-11(8-20-9)7-17(2)21(18,19)13-4-3-10(6-15)5-12(13)14/h3-5,8H,6-7,15H2,1-2H3. The van der Waals surface area contributed by atoms with Crippen LogP contribution in [-0.2, 0) is 23.1 Å². The topological polar surface area (TPSA) is 76.3 Å². The Labute approximate surface area is 137 Å². The minimum absolute atomic E-state index is 0.231. The Bertz CT molecular complexity index is 744. The van der Waals surface area contributed by atoms with Gasteiger partial charge in [0.15, 0.2) is 0 Å². The maximum Gasteiger partial charge on any atom is 0.244 e. The highest BCUT2D eigenvalue weighted by Gasteiger charge is 2.24. The summed E-state index contributed by atoms with van der Waals surface area (Å²) >= 11 is 4.81. The average Bonchev–Trinajstić information content (AvgIpc) is 2.83. The fourth-order valence-electron chi connectivity index (χ4n) is 1.84. The van der Waals surface area contributed by atoms with Crippen LogP contribution in [0.25, 0.3) is 0 Å². The summed E-state index contributed by atoms with van der Waals surface area (Å²) in [6.45, 7) is 2.51. The number of nitrogens with two attached hydrogens (primary N) is 1. The zero-order valence-corrected chi connectivity index (χ0v) is 14.9. The number of rotatable bonds is 5. The lowest BCUT2D eigenvalue weighted by Crippen LogP contribution is -2.27. The molecule has 8 heteroatoms. The first-order valence-electron chi connectivity index (χ1n) is 6.20. The van der Waals surface area contributed by atoms with E-state index in [1.807, 2.05) is 12.3 Å². The number of thiazole rings is 1. The number of hydrogen-bond donors (Lipinski definition) is 1. The molecule has 21 heavy (non-hydrogen) atoms. The summed E-state index contributed by atoms with van der Waals surface area (Å²) in [5.41, 5.74) is 7.18. The maximum absolute atomic E-state index is 12.6. The fraction of sp³-hybridized carbons (Fsp3) is 0.308. The second-order valence-electron chi connectivity index (χ2n) is 4.59. The summed E-state index contributed by atoms with van der Waals surface area (Å²) in [5, 5.41) is 2.79. The van der Waals surface area contributed by atoms with Crippen molar-refractivity contribution in [3.05, 3.63) is 44.3 Å². The maximum atomic E-state index is 12.6. The molecule has 0 aliphatic rings. The quantitative estimate of drug-likeness (QED) is 0.851. The minimum Gasteiger partial charge on any atom is -0.326 e. The first kappa shape index (κ1) is 16.6. The van der Waals surface area contributed by atoms with Crippen LogP contribution in [0.15, 0.2) is 32.9 Å². The van der Waals surface area contributed by atoms with E-state index in [4.69, 9.17) is 5.73 Å². The summed E-state index contributed by atoms with van der Waals surface area (Å²) in [4.78, 5) is 4.52. The molecule has 0 saturated carbocycles. The highest BCUT2D eigenvalue weighted by Crippen LogP contribution is 2.26. The third kappa shape index (κ3) is 3.70. The van der Waals surface area contributed by atoms with E-state index < -0.39 is 10.0 Å². The molecule has 2 N–H and O–H groups in total. The smallest absolute Gasteiger partial charge is 0.244 e. The van der Waals surface area contributed by atoms with Gasteiger partial charge in [-0.25, -0.2) is 13.4 Å². The van der Waals surface area contributed by atoms with Crippen LogP contribution in [0, 0.1) is 6.92 Å². The van der Waals surface area contributed by atoms with Crippen LogP contribution in [0.3, 0.4) is 0 Å². The van der Waals surface area contributed by atoms with Crippen LogP contribution in [0.4, 0.5) is 0 Å². The predicted octanol–water partition coefficient (Wildman–Crippen LogP) is 2.49. The van der Waals surface area contributed by atoms with E-state index in [0.717, 1.165) is 16.3 Å². The summed E-state index contributed by atoms with van der Waals surface area (Å²) in [6.07, 6.45) is 0. The van der Waals surface area contributed by atoms with Gasteiger partial charge in [0.05, 0.1) is 22.1 Å². The molecule has 2 aromatic rings. The fourth-order valence-corrected chi connectivity index (χ4v) is 4.67. The molecular weight excluding hydrogens is 374 g/mol. The van der Waals surface area contributed by atoms with Gasteiger partial charge in [0, 0.05) is 23.4 Å². The van der Waals surface area contributed by atoms with E-state index in [9.17, 15) is 8.42 Å². The van der Waals surface area contributed by atoms with Crippen molar-refractivity contribution in [2.24, 2.45) is 5.73 Å². The van der Waals surface area contributed by atoms with Crippen LogP contribution in [-0.4, -0.2) is 24.8 Å². The van der Waals surface area contributed by atoms with Gasteiger partial charge >= 0.3 is 0 Å². The van der Waals surface area contributed by atoms with E-state index in [-0.39, 0.29) is 11.4 Å². The summed E-state index contributed by atoms with van der Waals surface area (Å²) in [5.74, 6) is 0. The molecule has 0 amide bonds. The normalized spacial score (nSPS) is 12.0. The molecule has 0 spiro atoms. The van der Waals surface area contributed by atoms with Gasteiger partial charge in [-0.3, -0.25) is 0 Å². The lowest BCUT2D eigenvalue weighted by Gasteiger charge is -2.17. The lowest BCUT2D eigenvalue weighted by atomic mass is 10.2. The van der Waals surface area contributed by atoms with Crippen molar-refractivity contribution >= 4 is 37.3 Å². The summed E-state index contributed by atoms with van der Waals surface area (Å²) < 4.78 is 27.0. The van der Waals surface area contributed by atoms with E-state index in [2.05, 4.69) is 20.9 Å². The number of hydrogen-bond acceptors (Lipinski definition) is 5. The average molecular weight is 390 g/mol. The van der Waals surface area contributed by atoms with E-state index in [1.165, 1.54) is 15.6 Å². The highest BCUT2D eigenvalue weighted by atomic mass is 79.9. The van der Waals surface area contributed by atoms with Gasteiger partial charge in [-0.2, -0.15) is 4.31 Å². The Balaban J connectivity index is 2.28. The molecule has 0 aliphatic heterocycles. The molecule has 0 radical (unpaired) electrons. The molecule has 0 aliphatic carbocycles. The van der Waals surface area contributed by atoms with Crippen LogP contribution in [0.5, 0.6) is 0 Å². The predicted molar refractivity (Wildman–Crippen MR) is 87.5 cm³/mol. The molecule has 0 bridgehead atoms. The van der Waals surface area contributed by atoms with Gasteiger partial charge in [0.25, 0.3) is 0 Å². The lowest BCUT2D eigenvalue weighted by molar-refractivity contribution is 0.462. The second-order valence-corrected chi connectivity index (χ2v) is 8.52. The molecule has 5 nitrogen and oxygen atoms in total. The van der Waals surface area contributed by atoms with E-state index >= 15 is 0 Å². The Morgan fingerprint density at radius 1 is 1.43 bits per heavy atom. The molecule has 2 rings (SSSR count). The highest BCUT2D eigenvalue weighted by molar-refractivity contribution is 9.10. The third-order valence-corrected chi connectivity index (χ3v) is 6.57. The van der Waals surface area contributed by atoms with Gasteiger partial charge in [0.2, 0.25) is 10.0 Å². The number of sulfonamides is 1. The van der Waals surface area contributed by atoms with Crippen molar-refractivity contribution in [2.45, 2.75) is 24.9 Å². The second kappa shape index (κ2) is 6.53. The molecule has 114 valence electrons. The number of nitrogens with zero attached hydrogens (tertiary/aromatic N) is 2. The van der Waals surface area contributed by atoms with Crippen molar-refractivity contribution in [1.82, 2.24) is 9.29 Å². The molecular formula is C13H16BrN3O2S2. The molecule has 0 unspecified atom stereocenters. The number of halogens is 1. The first-order chi connectivity index (χ1) is 9.84. The van der Waals surface area contributed by atoms with Crippen molar-refractivity contribution in [1.29, 1.82) is 0 Å². The number of benzene rings is 1. The largest absolute Gasteiger partial charge is 0.326 e. The Hall–Kier alpha value is -0.800. The Morgan fingerprint density at radius 2 is 2.14 bits per heavy atom. The van der Waals surface area contributed by atoms with Crippen LogP contribution >= 0.6 is 27.3 Å².